The fraction of sp³-hybridized carbons (Fsp3) is 0.250. The SMILES string of the molecule is COc1cc(-c2nnc(SCC(=O)Nc3ccccc3[N+](=O)[O-])n2C)cc(OC)c1OC. The van der Waals surface area contributed by atoms with E-state index in [-0.39, 0.29) is 17.1 Å². The van der Waals surface area contributed by atoms with Gasteiger partial charge in [-0.25, -0.2) is 0 Å². The summed E-state index contributed by atoms with van der Waals surface area (Å²) in [5.41, 5.74) is 0.652. The van der Waals surface area contributed by atoms with Gasteiger partial charge in [0.15, 0.2) is 22.5 Å². The molecule has 0 fully saturated rings. The highest BCUT2D eigenvalue weighted by Gasteiger charge is 2.19. The van der Waals surface area contributed by atoms with Crippen LogP contribution in [0.4, 0.5) is 11.4 Å². The van der Waals surface area contributed by atoms with Gasteiger partial charge in [0.05, 0.1) is 32.0 Å². The van der Waals surface area contributed by atoms with E-state index in [2.05, 4.69) is 15.5 Å². The fourth-order valence-electron chi connectivity index (χ4n) is 2.96. The van der Waals surface area contributed by atoms with E-state index in [1.54, 1.807) is 29.8 Å². The summed E-state index contributed by atoms with van der Waals surface area (Å²) in [6.07, 6.45) is 0. The predicted octanol–water partition coefficient (Wildman–Crippen LogP) is 3.15. The number of para-hydroxylation sites is 2. The van der Waals surface area contributed by atoms with Gasteiger partial charge in [-0.15, -0.1) is 10.2 Å². The number of aromatic nitrogens is 3. The Morgan fingerprint density at radius 3 is 2.38 bits per heavy atom. The number of hydrogen-bond donors (Lipinski definition) is 1. The van der Waals surface area contributed by atoms with Crippen molar-refractivity contribution in [3.63, 3.8) is 0 Å². The minimum Gasteiger partial charge on any atom is -0.493 e. The molecule has 3 rings (SSSR count). The van der Waals surface area contributed by atoms with Crippen LogP contribution >= 0.6 is 11.8 Å². The minimum absolute atomic E-state index is 0.00667. The van der Waals surface area contributed by atoms with E-state index < -0.39 is 10.8 Å². The van der Waals surface area contributed by atoms with E-state index in [1.807, 2.05) is 0 Å². The molecule has 32 heavy (non-hydrogen) atoms. The molecule has 0 aliphatic carbocycles. The van der Waals surface area contributed by atoms with Crippen molar-refractivity contribution in [3.05, 3.63) is 46.5 Å². The first kappa shape index (κ1) is 22.9. The average Bonchev–Trinajstić information content (AvgIpc) is 3.17. The third-order valence-corrected chi connectivity index (χ3v) is 5.49. The van der Waals surface area contributed by atoms with Crippen LogP contribution in [0.1, 0.15) is 0 Å². The van der Waals surface area contributed by atoms with Gasteiger partial charge in [-0.1, -0.05) is 23.9 Å². The standard InChI is InChI=1S/C20H21N5O6S/c1-24-19(12-9-15(29-2)18(31-4)16(10-12)30-3)22-23-20(24)32-11-17(26)21-13-7-5-6-8-14(13)25(27)28/h5-10H,11H2,1-4H3,(H,21,26). The second-order valence-corrected chi connectivity index (χ2v) is 7.33. The number of carbonyl (C=O) groups is 1. The molecule has 0 atom stereocenters. The van der Waals surface area contributed by atoms with E-state index in [1.165, 1.54) is 39.5 Å². The normalized spacial score (nSPS) is 10.5. The van der Waals surface area contributed by atoms with Crippen molar-refractivity contribution < 1.29 is 23.9 Å². The topological polar surface area (TPSA) is 131 Å². The van der Waals surface area contributed by atoms with Crippen molar-refractivity contribution in [1.29, 1.82) is 0 Å². The molecule has 1 amide bonds. The minimum atomic E-state index is -0.547. The average molecular weight is 459 g/mol. The number of amides is 1. The van der Waals surface area contributed by atoms with Gasteiger partial charge in [0.1, 0.15) is 5.69 Å². The third-order valence-electron chi connectivity index (χ3n) is 4.47. The van der Waals surface area contributed by atoms with Crippen molar-refractivity contribution in [3.8, 4) is 28.6 Å². The number of nitro groups is 1. The van der Waals surface area contributed by atoms with Crippen molar-refractivity contribution in [1.82, 2.24) is 14.8 Å². The lowest BCUT2D eigenvalue weighted by atomic mass is 10.1. The lowest BCUT2D eigenvalue weighted by Crippen LogP contribution is -2.15. The third kappa shape index (κ3) is 4.75. The lowest BCUT2D eigenvalue weighted by Gasteiger charge is -2.14. The van der Waals surface area contributed by atoms with Crippen LogP contribution < -0.4 is 19.5 Å². The van der Waals surface area contributed by atoms with Crippen LogP contribution in [-0.2, 0) is 11.8 Å². The monoisotopic (exact) mass is 459 g/mol. The van der Waals surface area contributed by atoms with E-state index in [4.69, 9.17) is 14.2 Å². The van der Waals surface area contributed by atoms with Crippen LogP contribution in [0.3, 0.4) is 0 Å². The molecular weight excluding hydrogens is 438 g/mol. The lowest BCUT2D eigenvalue weighted by molar-refractivity contribution is -0.383. The quantitative estimate of drug-likeness (QED) is 0.291. The van der Waals surface area contributed by atoms with Gasteiger partial charge in [-0.05, 0) is 18.2 Å². The summed E-state index contributed by atoms with van der Waals surface area (Å²) in [4.78, 5) is 22.9. The van der Waals surface area contributed by atoms with Crippen LogP contribution in [0.25, 0.3) is 11.4 Å². The van der Waals surface area contributed by atoms with Gasteiger partial charge >= 0.3 is 0 Å². The zero-order chi connectivity index (χ0) is 23.3. The summed E-state index contributed by atoms with van der Waals surface area (Å²) in [5, 5.41) is 22.5. The zero-order valence-electron chi connectivity index (χ0n) is 17.8. The Bertz CT molecular complexity index is 1120. The van der Waals surface area contributed by atoms with Crippen molar-refractivity contribution in [2.24, 2.45) is 7.05 Å². The smallest absolute Gasteiger partial charge is 0.292 e. The van der Waals surface area contributed by atoms with Crippen molar-refractivity contribution >= 4 is 29.0 Å². The van der Waals surface area contributed by atoms with Crippen molar-refractivity contribution in [2.45, 2.75) is 5.16 Å². The summed E-state index contributed by atoms with van der Waals surface area (Å²) in [6.45, 7) is 0. The summed E-state index contributed by atoms with van der Waals surface area (Å²) in [7, 11) is 6.33. The molecule has 0 aliphatic rings. The Kier molecular flexibility index (Phi) is 7.15. The Morgan fingerprint density at radius 1 is 1.12 bits per heavy atom. The molecule has 2 aromatic carbocycles. The highest BCUT2D eigenvalue weighted by atomic mass is 32.2. The molecule has 1 N–H and O–H groups in total. The maximum atomic E-state index is 12.3. The predicted molar refractivity (Wildman–Crippen MR) is 119 cm³/mol. The molecule has 0 unspecified atom stereocenters. The Morgan fingerprint density at radius 2 is 1.78 bits per heavy atom. The molecule has 0 aliphatic heterocycles. The summed E-state index contributed by atoms with van der Waals surface area (Å²) < 4.78 is 17.8. The van der Waals surface area contributed by atoms with Crippen LogP contribution in [0.15, 0.2) is 41.6 Å². The molecule has 0 saturated heterocycles. The largest absolute Gasteiger partial charge is 0.493 e. The molecular formula is C20H21N5O6S. The first-order chi connectivity index (χ1) is 15.4. The number of hydrogen-bond acceptors (Lipinski definition) is 9. The van der Waals surface area contributed by atoms with Gasteiger partial charge in [0.2, 0.25) is 11.7 Å². The first-order valence-electron chi connectivity index (χ1n) is 9.25. The van der Waals surface area contributed by atoms with Crippen LogP contribution in [0.2, 0.25) is 0 Å². The molecule has 11 nitrogen and oxygen atoms in total. The fourth-order valence-corrected chi connectivity index (χ4v) is 3.67. The summed E-state index contributed by atoms with van der Waals surface area (Å²) >= 11 is 1.15. The second kappa shape index (κ2) is 10.0. The van der Waals surface area contributed by atoms with Crippen LogP contribution in [0.5, 0.6) is 17.2 Å². The highest BCUT2D eigenvalue weighted by molar-refractivity contribution is 7.99. The molecule has 0 saturated carbocycles. The molecule has 1 heterocycles. The van der Waals surface area contributed by atoms with E-state index in [0.29, 0.717) is 33.8 Å². The number of rotatable bonds is 9. The van der Waals surface area contributed by atoms with Gasteiger partial charge in [-0.2, -0.15) is 0 Å². The van der Waals surface area contributed by atoms with Crippen molar-refractivity contribution in [2.75, 3.05) is 32.4 Å². The number of ether oxygens (including phenoxy) is 3. The van der Waals surface area contributed by atoms with E-state index >= 15 is 0 Å². The summed E-state index contributed by atoms with van der Waals surface area (Å²) in [5.74, 6) is 1.54. The van der Waals surface area contributed by atoms with Crippen LogP contribution in [-0.4, -0.2) is 52.7 Å². The molecule has 0 bridgehead atoms. The molecule has 3 aromatic rings. The van der Waals surface area contributed by atoms with Gasteiger partial charge in [0, 0.05) is 18.7 Å². The maximum absolute atomic E-state index is 12.3. The number of benzene rings is 2. The Hall–Kier alpha value is -3.80. The van der Waals surface area contributed by atoms with Gasteiger partial charge in [0.25, 0.3) is 5.69 Å². The molecule has 12 heteroatoms. The number of nitrogens with one attached hydrogen (secondary N) is 1. The highest BCUT2D eigenvalue weighted by Crippen LogP contribution is 2.41. The van der Waals surface area contributed by atoms with Gasteiger partial charge < -0.3 is 24.1 Å². The molecule has 168 valence electrons. The number of nitrogens with zero attached hydrogens (tertiary/aromatic N) is 4. The number of nitro benzene ring substituents is 1. The number of carbonyl (C=O) groups excluding carboxylic acids is 1. The first-order valence-corrected chi connectivity index (χ1v) is 10.2. The van der Waals surface area contributed by atoms with E-state index in [9.17, 15) is 14.9 Å². The number of anilines is 1. The Labute approximate surface area is 187 Å². The second-order valence-electron chi connectivity index (χ2n) is 6.39. The molecule has 1 aromatic heterocycles. The van der Waals surface area contributed by atoms with Gasteiger partial charge in [-0.3, -0.25) is 14.9 Å². The molecule has 0 spiro atoms. The number of thioether (sulfide) groups is 1. The summed E-state index contributed by atoms with van der Waals surface area (Å²) in [6, 6.07) is 9.46. The maximum Gasteiger partial charge on any atom is 0.292 e. The zero-order valence-corrected chi connectivity index (χ0v) is 18.6. The molecule has 0 radical (unpaired) electrons. The number of methoxy groups -OCH3 is 3. The van der Waals surface area contributed by atoms with E-state index in [0.717, 1.165) is 11.8 Å². The van der Waals surface area contributed by atoms with Crippen LogP contribution in [0, 0.1) is 10.1 Å². The Balaban J connectivity index is 1.76.